The summed E-state index contributed by atoms with van der Waals surface area (Å²) in [5, 5.41) is 115. The quantitative estimate of drug-likeness (QED) is 0.0396. The zero-order chi connectivity index (χ0) is 72.3. The van der Waals surface area contributed by atoms with Crippen LogP contribution in [-0.2, 0) is 0 Å². The van der Waals surface area contributed by atoms with E-state index < -0.39 is 182 Å². The van der Waals surface area contributed by atoms with Crippen LogP contribution in [0.3, 0.4) is 0 Å². The lowest BCUT2D eigenvalue weighted by atomic mass is 10.0. The van der Waals surface area contributed by atoms with Crippen LogP contribution in [0.1, 0.15) is 56.4 Å². The van der Waals surface area contributed by atoms with Crippen LogP contribution in [-0.4, -0.2) is 29.9 Å². The Morgan fingerprint density at radius 2 is 0.526 bits per heavy atom. The molecular formula is C59F17N21. The number of rotatable bonds is 3. The second-order valence-electron chi connectivity index (χ2n) is 17.4. The SMILES string of the molecule is N#CC(C#N)=c1c(F)c(F)c(=C(C#N)C#N)c(F)c1F.N#Cc1nc2c3nc(C#N)c(C#N)nc3c3nc(C#N)c(C#N)nc3c2nc1C#N.[C-]#[N+]C(=C1C(=C(C#N)c2c(F)c(F)c(F)c(F)c2F)C1=C(C#N)c1c(F)c(F)c([N+]#[C-])c(F)c1F)c1c(F)c(F)c(C#N)c(F)c1F. The standard InChI is InChI=1S/C29F13N5.C18N12.C12F4N4/c1-46-28(14-21(36)15(30)8(5-45)16(31)22(14)37)13-9(6(3-43)11-17(32)23(38)25(40)24(39)18(11)33)10(13)7(4-44)12-19(34)26(41)29(47-2)27(42)20(12)35;19-1-7-8(2-20)26-14-13(25-7)15-17(29-10(4-22)9(3-21)27-15)18-16(14)28-11(5-23)12(6-24)30-18;13-9-7(5(1-17)2-18)10(14)12(16)8(11(9)15)6(3-19)4-20. The van der Waals surface area contributed by atoms with E-state index in [0.29, 0.717) is 0 Å². The van der Waals surface area contributed by atoms with Crippen molar-refractivity contribution in [1.82, 2.24) is 29.9 Å². The molecule has 21 nitrogen and oxygen atoms in total. The second-order valence-corrected chi connectivity index (χ2v) is 17.4. The van der Waals surface area contributed by atoms with Crippen molar-refractivity contribution < 1.29 is 74.6 Å². The highest BCUT2D eigenvalue weighted by Crippen LogP contribution is 2.58. The summed E-state index contributed by atoms with van der Waals surface area (Å²) in [6, 6.07) is 17.5. The lowest BCUT2D eigenvalue weighted by Crippen LogP contribution is -2.31. The predicted octanol–water partition coefficient (Wildman–Crippen LogP) is 9.90. The van der Waals surface area contributed by atoms with E-state index in [1.54, 1.807) is 36.4 Å². The lowest BCUT2D eigenvalue weighted by molar-refractivity contribution is 0.376. The topological polar surface area (TPSA) is 395 Å². The Morgan fingerprint density at radius 3 is 0.742 bits per heavy atom. The van der Waals surface area contributed by atoms with Gasteiger partial charge in [-0.15, -0.1) is 0 Å². The first-order valence-corrected chi connectivity index (χ1v) is 23.9. The van der Waals surface area contributed by atoms with Crippen LogP contribution in [0.15, 0.2) is 16.7 Å². The summed E-state index contributed by atoms with van der Waals surface area (Å²) < 4.78 is 244. The van der Waals surface area contributed by atoms with Gasteiger partial charge in [0.15, 0.2) is 127 Å². The van der Waals surface area contributed by atoms with Gasteiger partial charge in [-0.3, -0.25) is 0 Å². The van der Waals surface area contributed by atoms with Gasteiger partial charge in [0.25, 0.3) is 5.69 Å². The maximum absolute atomic E-state index is 15.0. The third kappa shape index (κ3) is 10.9. The Balaban J connectivity index is 0.000000226. The molecule has 0 radical (unpaired) electrons. The first kappa shape index (κ1) is 68.7. The van der Waals surface area contributed by atoms with Gasteiger partial charge < -0.3 is 0 Å². The molecule has 1 aliphatic carbocycles. The van der Waals surface area contributed by atoms with Gasteiger partial charge in [0, 0.05) is 0 Å². The van der Waals surface area contributed by atoms with E-state index in [-0.39, 0.29) is 67.3 Å². The number of aromatic nitrogens is 6. The number of hydrogen-bond acceptors (Lipinski definition) is 19. The van der Waals surface area contributed by atoms with Gasteiger partial charge in [0.2, 0.25) is 11.5 Å². The van der Waals surface area contributed by atoms with Gasteiger partial charge in [0.1, 0.15) is 129 Å². The van der Waals surface area contributed by atoms with E-state index in [1.807, 2.05) is 0 Å². The molecule has 5 aromatic carbocycles. The summed E-state index contributed by atoms with van der Waals surface area (Å²) >= 11 is 0. The van der Waals surface area contributed by atoms with Crippen LogP contribution in [0.4, 0.5) is 80.3 Å². The normalized spacial score (nSPS) is 12.2. The number of halogens is 17. The minimum Gasteiger partial charge on any atom is -0.237 e. The second kappa shape index (κ2) is 26.7. The summed E-state index contributed by atoms with van der Waals surface area (Å²) in [4.78, 5) is 29.5. The Hall–Kier alpha value is -15.8. The largest absolute Gasteiger partial charge is 0.262 e. The molecule has 0 saturated heterocycles. The Morgan fingerprint density at radius 1 is 0.278 bits per heavy atom. The minimum atomic E-state index is -2.78. The van der Waals surface area contributed by atoms with E-state index in [4.69, 9.17) is 39.5 Å². The third-order valence-corrected chi connectivity index (χ3v) is 12.6. The molecule has 97 heavy (non-hydrogen) atoms. The number of hydrogen-bond donors (Lipinski definition) is 0. The Bertz CT molecular complexity index is 5360. The summed E-state index contributed by atoms with van der Waals surface area (Å²) in [7, 11) is 0. The van der Waals surface area contributed by atoms with Crippen molar-refractivity contribution in [3.63, 3.8) is 0 Å². The number of nitrogens with zero attached hydrogens (tertiary/aromatic N) is 21. The number of nitriles is 13. The zero-order valence-corrected chi connectivity index (χ0v) is 45.3. The first-order chi connectivity index (χ1) is 46.1. The highest BCUT2D eigenvalue weighted by Gasteiger charge is 2.46. The van der Waals surface area contributed by atoms with Crippen LogP contribution in [0.25, 0.3) is 70.8 Å². The number of fused-ring (bicyclic) bond motifs is 6. The first-order valence-electron chi connectivity index (χ1n) is 23.9. The van der Waals surface area contributed by atoms with Crippen LogP contribution >= 0.6 is 0 Å². The molecule has 9 rings (SSSR count). The zero-order valence-electron chi connectivity index (χ0n) is 45.3. The third-order valence-electron chi connectivity index (χ3n) is 12.6. The maximum Gasteiger partial charge on any atom is 0.262 e. The van der Waals surface area contributed by atoms with Crippen molar-refractivity contribution in [2.24, 2.45) is 0 Å². The van der Waals surface area contributed by atoms with Gasteiger partial charge >= 0.3 is 0 Å². The van der Waals surface area contributed by atoms with Gasteiger partial charge in [-0.2, -0.15) is 68.4 Å². The van der Waals surface area contributed by atoms with Crippen molar-refractivity contribution >= 4 is 66.8 Å². The number of benzene rings is 5. The molecule has 0 unspecified atom stereocenters. The van der Waals surface area contributed by atoms with Crippen molar-refractivity contribution in [2.75, 3.05) is 0 Å². The average Bonchev–Trinajstić information content (AvgIpc) is 1.61. The molecule has 0 atom stereocenters. The fourth-order valence-corrected chi connectivity index (χ4v) is 8.44. The average molecular weight is 1330 g/mol. The minimum absolute atomic E-state index is 0.0237. The van der Waals surface area contributed by atoms with E-state index in [0.717, 1.165) is 42.5 Å². The van der Waals surface area contributed by atoms with Gasteiger partial charge in [-0.05, 0) is 16.7 Å². The fraction of sp³-hybridized carbons (Fsp3) is 0. The number of allylic oxidation sites excluding steroid dienone is 5. The Labute approximate surface area is 522 Å². The van der Waals surface area contributed by atoms with Crippen LogP contribution in [0, 0.1) is 259 Å². The lowest BCUT2D eigenvalue weighted by Gasteiger charge is -2.09. The van der Waals surface area contributed by atoms with E-state index >= 15 is 0 Å². The molecule has 1 aliphatic rings. The molecule has 8 aromatic rings. The molecule has 0 spiro atoms. The molecule has 0 amide bonds. The molecule has 3 heterocycles. The molecule has 0 aliphatic heterocycles. The molecule has 0 N–H and O–H groups in total. The fourth-order valence-electron chi connectivity index (χ4n) is 8.44. The van der Waals surface area contributed by atoms with Gasteiger partial charge in [0.05, 0.1) is 51.4 Å². The van der Waals surface area contributed by atoms with Crippen LogP contribution < -0.4 is 10.4 Å². The maximum atomic E-state index is 15.0. The monoisotopic (exact) mass is 1330 g/mol. The van der Waals surface area contributed by atoms with Gasteiger partial charge in [-0.1, -0.05) is 0 Å². The van der Waals surface area contributed by atoms with Crippen molar-refractivity contribution in [2.45, 2.75) is 0 Å². The summed E-state index contributed by atoms with van der Waals surface area (Å²) in [5.74, 6) is -41.7. The molecule has 1 fully saturated rings. The van der Waals surface area contributed by atoms with Crippen LogP contribution in [0.5, 0.6) is 0 Å². The smallest absolute Gasteiger partial charge is 0.237 e. The highest BCUT2D eigenvalue weighted by molar-refractivity contribution is 6.18. The van der Waals surface area contributed by atoms with E-state index in [9.17, 15) is 117 Å². The van der Waals surface area contributed by atoms with E-state index in [2.05, 4.69) is 39.6 Å². The van der Waals surface area contributed by atoms with Gasteiger partial charge in [-0.25, -0.2) is 114 Å². The highest BCUT2D eigenvalue weighted by atomic mass is 19.2. The molecule has 38 heteroatoms. The molecule has 3 aromatic heterocycles. The molecule has 0 bridgehead atoms. The Kier molecular flexibility index (Phi) is 19.0. The molecule has 460 valence electrons. The van der Waals surface area contributed by atoms with Crippen molar-refractivity contribution in [1.29, 1.82) is 68.4 Å². The van der Waals surface area contributed by atoms with Crippen molar-refractivity contribution in [3.05, 3.63) is 205 Å². The predicted molar refractivity (Wildman–Crippen MR) is 277 cm³/mol. The van der Waals surface area contributed by atoms with Crippen LogP contribution in [0.2, 0.25) is 0 Å². The van der Waals surface area contributed by atoms with Crippen molar-refractivity contribution in [3.8, 4) is 78.9 Å². The summed E-state index contributed by atoms with van der Waals surface area (Å²) in [5.41, 5.74) is -24.1. The summed E-state index contributed by atoms with van der Waals surface area (Å²) in [6.45, 7) is 14.1. The molecular weight excluding hydrogens is 1330 g/mol. The molecule has 1 saturated carbocycles. The van der Waals surface area contributed by atoms with E-state index in [1.165, 1.54) is 0 Å². The summed E-state index contributed by atoms with van der Waals surface area (Å²) in [6.07, 6.45) is 0.